The zero-order valence-corrected chi connectivity index (χ0v) is 25.8. The minimum Gasteiger partial charge on any atom is -0.481 e. The quantitative estimate of drug-likeness (QED) is 0.321. The van der Waals surface area contributed by atoms with Crippen LogP contribution in [0, 0.1) is 55.7 Å². The second-order valence-corrected chi connectivity index (χ2v) is 17.4. The molecule has 1 saturated heterocycles. The molecule has 1 aliphatic heterocycles. The topological polar surface area (TPSA) is 87.0 Å². The van der Waals surface area contributed by atoms with Gasteiger partial charge in [0.1, 0.15) is 0 Å². The Morgan fingerprint density at radius 2 is 1.61 bits per heavy atom. The molecule has 5 saturated carbocycles. The lowest BCUT2D eigenvalue weighted by atomic mass is 9.22. The van der Waals surface area contributed by atoms with Crippen LogP contribution in [0.2, 0.25) is 0 Å². The van der Waals surface area contributed by atoms with Crippen molar-refractivity contribution in [1.82, 2.24) is 0 Å². The molecule has 8 aliphatic rings. The maximum atomic E-state index is 12.7. The number of aliphatic carboxylic acids is 1. The van der Waals surface area contributed by atoms with Crippen molar-refractivity contribution in [1.29, 1.82) is 0 Å². The predicted molar refractivity (Wildman–Crippen MR) is 157 cm³/mol. The summed E-state index contributed by atoms with van der Waals surface area (Å²) < 4.78 is 6.39. The van der Waals surface area contributed by atoms with E-state index in [9.17, 15) is 20.1 Å². The van der Waals surface area contributed by atoms with Crippen LogP contribution in [0.15, 0.2) is 24.3 Å². The minimum absolute atomic E-state index is 0.0433. The molecule has 1 heterocycles. The standard InChI is InChI=1S/C36H52O5/c1-5-8-24-31-17-20-35-12-7-9-32(25-21-29(3,27(37)38)14-13-28(25,2)15-16-30(32,35)4)18-19-33(35)10-6-11-34(39,26(31)33)22-36(24,40)41-23-31/h6-7,11-12,24-26,39-40H,5,8-10,13-23H2,1-4H3,(H,37,38)/t24-,25-,26-,28-,29-,30+,31+,32+,33+,34-,35-,36+/m1/s1. The number of carboxylic acids is 1. The first-order valence-corrected chi connectivity index (χ1v) is 16.9. The maximum Gasteiger partial charge on any atom is 0.309 e. The van der Waals surface area contributed by atoms with Crippen molar-refractivity contribution in [2.75, 3.05) is 6.61 Å². The van der Waals surface area contributed by atoms with Crippen LogP contribution in [-0.2, 0) is 9.53 Å². The molecule has 0 aromatic heterocycles. The summed E-state index contributed by atoms with van der Waals surface area (Å²) in [5.41, 5.74) is -1.69. The maximum absolute atomic E-state index is 12.7. The highest BCUT2D eigenvalue weighted by atomic mass is 16.6. The lowest BCUT2D eigenvalue weighted by molar-refractivity contribution is -0.336. The largest absolute Gasteiger partial charge is 0.481 e. The summed E-state index contributed by atoms with van der Waals surface area (Å²) in [4.78, 5) is 12.6. The van der Waals surface area contributed by atoms with Gasteiger partial charge in [0, 0.05) is 29.1 Å². The van der Waals surface area contributed by atoms with Gasteiger partial charge >= 0.3 is 5.97 Å². The monoisotopic (exact) mass is 564 g/mol. The number of hydrogen-bond acceptors (Lipinski definition) is 4. The Morgan fingerprint density at radius 1 is 0.902 bits per heavy atom. The molecule has 6 fully saturated rings. The highest BCUT2D eigenvalue weighted by Crippen LogP contribution is 2.87. The summed E-state index contributed by atoms with van der Waals surface area (Å²) >= 11 is 0. The van der Waals surface area contributed by atoms with Crippen LogP contribution in [0.4, 0.5) is 0 Å². The molecule has 226 valence electrons. The van der Waals surface area contributed by atoms with Crippen molar-refractivity contribution in [2.24, 2.45) is 55.7 Å². The van der Waals surface area contributed by atoms with E-state index in [0.717, 1.165) is 70.6 Å². The average Bonchev–Trinajstić information content (AvgIpc) is 3.10. The van der Waals surface area contributed by atoms with Crippen molar-refractivity contribution >= 4 is 5.97 Å². The number of carbonyl (C=O) groups is 1. The fourth-order valence-electron chi connectivity index (χ4n) is 14.8. The van der Waals surface area contributed by atoms with Crippen LogP contribution >= 0.6 is 0 Å². The predicted octanol–water partition coefficient (Wildman–Crippen LogP) is 7.02. The van der Waals surface area contributed by atoms with Crippen molar-refractivity contribution in [3.63, 3.8) is 0 Å². The molecular formula is C36H52O5. The summed E-state index contributed by atoms with van der Waals surface area (Å²) in [5.74, 6) is -1.31. The van der Waals surface area contributed by atoms with E-state index in [2.05, 4.69) is 45.1 Å². The van der Waals surface area contributed by atoms with Gasteiger partial charge in [0.15, 0.2) is 5.79 Å². The minimum atomic E-state index is -1.24. The zero-order valence-electron chi connectivity index (χ0n) is 25.8. The Bertz CT molecular complexity index is 1260. The van der Waals surface area contributed by atoms with Crippen molar-refractivity contribution in [3.8, 4) is 0 Å². The van der Waals surface area contributed by atoms with Crippen LogP contribution in [0.5, 0.6) is 0 Å². The molecule has 7 aliphatic carbocycles. The molecule has 0 amide bonds. The van der Waals surface area contributed by atoms with Gasteiger partial charge in [-0.25, -0.2) is 0 Å². The third-order valence-corrected chi connectivity index (χ3v) is 16.4. The van der Waals surface area contributed by atoms with Crippen molar-refractivity contribution < 1.29 is 24.9 Å². The van der Waals surface area contributed by atoms with Gasteiger partial charge in [-0.15, -0.1) is 0 Å². The summed E-state index contributed by atoms with van der Waals surface area (Å²) in [6.45, 7) is 9.91. The Morgan fingerprint density at radius 3 is 2.37 bits per heavy atom. The number of rotatable bonds is 3. The first-order valence-electron chi connectivity index (χ1n) is 16.9. The third kappa shape index (κ3) is 2.73. The summed E-state index contributed by atoms with van der Waals surface area (Å²) in [6, 6.07) is 0. The molecule has 3 N–H and O–H groups in total. The van der Waals surface area contributed by atoms with E-state index < -0.39 is 22.8 Å². The van der Waals surface area contributed by atoms with Crippen LogP contribution in [0.3, 0.4) is 0 Å². The van der Waals surface area contributed by atoms with Crippen LogP contribution in [0.25, 0.3) is 0 Å². The zero-order chi connectivity index (χ0) is 29.0. The second kappa shape index (κ2) is 7.72. The highest BCUT2D eigenvalue weighted by molar-refractivity contribution is 5.74. The molecule has 5 heteroatoms. The first-order chi connectivity index (χ1) is 19.2. The van der Waals surface area contributed by atoms with Crippen LogP contribution in [0.1, 0.15) is 118 Å². The Kier molecular flexibility index (Phi) is 5.16. The molecule has 4 bridgehead atoms. The normalized spacial score (nSPS) is 61.4. The van der Waals surface area contributed by atoms with E-state index in [0.29, 0.717) is 12.5 Å². The SMILES string of the molecule is CCC[C@@H]1[C@]23CC[C@@]45C=CC[C@]6(CC[C@]47CC=C[C@@](O)(C[C@]1(O)OC2)[C@H]37)[C@@H]1C[C@](C)(C(=O)O)CC[C@]1(C)CC[C@@]65C. The molecule has 12 atom stereocenters. The fourth-order valence-corrected chi connectivity index (χ4v) is 14.8. The van der Waals surface area contributed by atoms with E-state index in [1.54, 1.807) is 0 Å². The Balaban J connectivity index is 1.31. The number of carboxylic acid groups (broad SMARTS) is 1. The van der Waals surface area contributed by atoms with Gasteiger partial charge in [-0.05, 0) is 112 Å². The van der Waals surface area contributed by atoms with Crippen LogP contribution in [-0.4, -0.2) is 39.3 Å². The van der Waals surface area contributed by atoms with Crippen molar-refractivity contribution in [3.05, 3.63) is 24.3 Å². The lowest BCUT2D eigenvalue weighted by Crippen LogP contribution is -2.78. The van der Waals surface area contributed by atoms with Gasteiger partial charge < -0.3 is 20.1 Å². The first kappa shape index (κ1) is 27.4. The molecule has 5 nitrogen and oxygen atoms in total. The third-order valence-electron chi connectivity index (χ3n) is 16.4. The van der Waals surface area contributed by atoms with Gasteiger partial charge in [-0.3, -0.25) is 4.79 Å². The Labute approximate surface area is 246 Å². The van der Waals surface area contributed by atoms with E-state index in [4.69, 9.17) is 4.74 Å². The number of allylic oxidation sites excluding steroid dienone is 3. The van der Waals surface area contributed by atoms with Crippen LogP contribution < -0.4 is 0 Å². The smallest absolute Gasteiger partial charge is 0.309 e. The molecule has 3 spiro atoms. The molecule has 0 radical (unpaired) electrons. The summed E-state index contributed by atoms with van der Waals surface area (Å²) in [5, 5.41) is 35.0. The Hall–Kier alpha value is -1.17. The molecule has 0 unspecified atom stereocenters. The van der Waals surface area contributed by atoms with E-state index in [1.807, 2.05) is 6.92 Å². The molecule has 41 heavy (non-hydrogen) atoms. The molecule has 0 aromatic rings. The van der Waals surface area contributed by atoms with E-state index in [1.165, 1.54) is 12.8 Å². The second-order valence-electron chi connectivity index (χ2n) is 17.4. The molecule has 8 rings (SSSR count). The van der Waals surface area contributed by atoms with Gasteiger partial charge in [0.25, 0.3) is 0 Å². The van der Waals surface area contributed by atoms with E-state index >= 15 is 0 Å². The number of hydrogen-bond donors (Lipinski definition) is 3. The van der Waals surface area contributed by atoms with E-state index in [-0.39, 0.29) is 50.7 Å². The lowest BCUT2D eigenvalue weighted by Gasteiger charge is -2.82. The highest BCUT2D eigenvalue weighted by Gasteiger charge is 2.84. The van der Waals surface area contributed by atoms with Crippen molar-refractivity contribution in [2.45, 2.75) is 129 Å². The van der Waals surface area contributed by atoms with Gasteiger partial charge in [0.2, 0.25) is 0 Å². The molecular weight excluding hydrogens is 512 g/mol. The number of ether oxygens (including phenoxy) is 1. The summed E-state index contributed by atoms with van der Waals surface area (Å²) in [7, 11) is 0. The van der Waals surface area contributed by atoms with Gasteiger partial charge in [-0.1, -0.05) is 51.5 Å². The fraction of sp³-hybridized carbons (Fsp3) is 0.861. The summed E-state index contributed by atoms with van der Waals surface area (Å²) in [6.07, 6.45) is 23.0. The number of fused-ring (bicyclic) bond motifs is 2. The van der Waals surface area contributed by atoms with Gasteiger partial charge in [0.05, 0.1) is 17.6 Å². The molecule has 0 aromatic carbocycles. The van der Waals surface area contributed by atoms with Gasteiger partial charge in [-0.2, -0.15) is 0 Å². The number of aliphatic hydroxyl groups is 2. The average molecular weight is 565 g/mol.